The van der Waals surface area contributed by atoms with Gasteiger partial charge in [-0.25, -0.2) is 19.9 Å². The number of azo groups is 2. The molecule has 0 saturated carbocycles. The maximum atomic E-state index is 14.2. The molecule has 3 amide bonds. The number of rotatable bonds is 47. The van der Waals surface area contributed by atoms with E-state index in [1.807, 2.05) is 126 Å². The van der Waals surface area contributed by atoms with E-state index in [1.165, 1.54) is 86.2 Å². The zero-order chi connectivity index (χ0) is 97.2. The number of unbranched alkanes of at least 4 members (excludes halogenated alkanes) is 6. The number of hydrogen-bond donors (Lipinski definition) is 5. The average molecular weight is 1830 g/mol. The number of nitrogens with two attached hydrogens (primary N) is 5. The second kappa shape index (κ2) is 53.4. The Kier molecular flexibility index (Phi) is 44.6. The first-order valence-electron chi connectivity index (χ1n) is 49.7. The standard InChI is InChI=1S/C64H100N14O2.C23H40N2O.C18H26N8.CH4/c1-15-23-27-45(19-5)40-75(41-46(20-6)28-24-16-2)61(79)49-31-35-51(36-32-49)69-71-55-57(63(9,10)11)73-77(59(55)65)53-39-54(68-44-67-53)78-60(66)56(58(74-78)64(12,13)14)72-70-52-37-33-50(34-38-52)62(80)76(42-47(21-7)29-25-17-3)43-48(22-8)30-26-18-4;1-5-9-11-19(7-3)17-25(18-20(8-4)12-10-6-2)23(26)21-13-15-22(24)16-14-21;1-17(2,3)11-7-13(19)25(23-11)15-9-16(22-10-21-15)26-14(20)8-12(24-26)18(4,5)6;/h31-39,44-48H,15-30,40-43,65-66H2,1-14H3;13-16,19-20H,5-12,17-18,24H2,1-4H3;7-10H,19-20H2,1-6H3;1H4. The zero-order valence-corrected chi connectivity index (χ0v) is 85.2. The number of benzene rings is 3. The van der Waals surface area contributed by atoms with Crippen LogP contribution in [0.4, 0.5) is 51.7 Å². The molecule has 0 radical (unpaired) electrons. The van der Waals surface area contributed by atoms with E-state index < -0.39 is 10.8 Å². The van der Waals surface area contributed by atoms with Crippen LogP contribution in [-0.4, -0.2) is 131 Å². The molecule has 10 N–H and O–H groups in total. The normalized spacial score (nSPS) is 13.4. The highest BCUT2D eigenvalue weighted by Crippen LogP contribution is 2.41. The van der Waals surface area contributed by atoms with Gasteiger partial charge in [-0.3, -0.25) is 14.4 Å². The number of aromatic nitrogens is 12. The molecule has 732 valence electrons. The summed E-state index contributed by atoms with van der Waals surface area (Å²) in [5.41, 5.74) is 38.5. The SMILES string of the molecule is C.CC(C)(C)c1cc(N)n(-c2cc(-n3nc(C(C)(C)C)cc3N)ncn2)n1.CCCCC(CC)CN(CC(CC)CCCC)C(=O)c1ccc(N)cc1.CCCCC(CC)CN(CC(CC)CCCC)C(=O)c1ccc(N=Nc2c(C(C)(C)C)nn(-c3cc(-n4nc(C(C)(C)C)c(N=Nc5ccc(C(=O)N(CC(CC)CCCC)CC(CC)CCCC)cc5)c4N)ncn3)c2N)cc1. The summed E-state index contributed by atoms with van der Waals surface area (Å²) in [5.74, 6) is 6.73. The van der Waals surface area contributed by atoms with E-state index in [4.69, 9.17) is 49.1 Å². The fraction of sp³-hybridized carbons (Fsp3) is 0.613. The predicted octanol–water partition coefficient (Wildman–Crippen LogP) is 26.6. The Morgan fingerprint density at radius 1 is 0.323 bits per heavy atom. The molecule has 6 unspecified atom stereocenters. The lowest BCUT2D eigenvalue weighted by Gasteiger charge is -2.31. The van der Waals surface area contributed by atoms with Gasteiger partial charge in [0, 0.05) is 108 Å². The minimum Gasteiger partial charge on any atom is -0.399 e. The third kappa shape index (κ3) is 32.8. The molecule has 0 aliphatic carbocycles. The van der Waals surface area contributed by atoms with E-state index in [1.54, 1.807) is 21.5 Å². The Labute approximate surface area is 798 Å². The van der Waals surface area contributed by atoms with Gasteiger partial charge in [0.2, 0.25) is 0 Å². The molecule has 0 aliphatic rings. The maximum Gasteiger partial charge on any atom is 0.253 e. The van der Waals surface area contributed by atoms with Crippen LogP contribution in [0, 0.1) is 35.5 Å². The van der Waals surface area contributed by atoms with Crippen molar-refractivity contribution in [2.24, 2.45) is 56.0 Å². The van der Waals surface area contributed by atoms with Crippen LogP contribution in [0.5, 0.6) is 0 Å². The van der Waals surface area contributed by atoms with Gasteiger partial charge in [0.15, 0.2) is 46.3 Å². The molecule has 0 saturated heterocycles. The Hall–Kier alpha value is -10.7. The first-order valence-corrected chi connectivity index (χ1v) is 49.7. The number of anilines is 5. The lowest BCUT2D eigenvalue weighted by Crippen LogP contribution is -2.39. The molecule has 6 atom stereocenters. The van der Waals surface area contributed by atoms with Crippen molar-refractivity contribution >= 4 is 69.4 Å². The van der Waals surface area contributed by atoms with Crippen molar-refractivity contribution in [3.05, 3.63) is 149 Å². The average Bonchev–Trinajstić information content (AvgIpc) is 1.62. The summed E-state index contributed by atoms with van der Waals surface area (Å²) in [4.78, 5) is 65.8. The molecule has 9 aromatic rings. The fourth-order valence-corrected chi connectivity index (χ4v) is 16.3. The Morgan fingerprint density at radius 2 is 0.564 bits per heavy atom. The third-order valence-corrected chi connectivity index (χ3v) is 25.3. The molecule has 6 aromatic heterocycles. The van der Waals surface area contributed by atoms with Gasteiger partial charge in [-0.05, 0) is 147 Å². The topological polar surface area (TPSA) is 363 Å². The monoisotopic (exact) mass is 1830 g/mol. The van der Waals surface area contributed by atoms with Crippen molar-refractivity contribution in [2.45, 2.75) is 349 Å². The maximum absolute atomic E-state index is 14.2. The van der Waals surface area contributed by atoms with Crippen molar-refractivity contribution in [1.82, 2.24) is 73.8 Å². The minimum absolute atomic E-state index is 0. The van der Waals surface area contributed by atoms with Crippen LogP contribution < -0.4 is 28.7 Å². The molecular formula is C106H170N24O3. The lowest BCUT2D eigenvalue weighted by atomic mass is 9.91. The summed E-state index contributed by atoms with van der Waals surface area (Å²) in [6, 6.07) is 29.3. The molecule has 27 heteroatoms. The van der Waals surface area contributed by atoms with Crippen molar-refractivity contribution in [3.8, 4) is 23.3 Å². The fourth-order valence-electron chi connectivity index (χ4n) is 16.3. The van der Waals surface area contributed by atoms with E-state index in [-0.39, 0.29) is 47.6 Å². The van der Waals surface area contributed by atoms with Gasteiger partial charge in [-0.1, -0.05) is 289 Å². The number of amides is 3. The van der Waals surface area contributed by atoms with Crippen LogP contribution in [0.3, 0.4) is 0 Å². The summed E-state index contributed by atoms with van der Waals surface area (Å²) < 4.78 is 6.28. The molecule has 9 rings (SSSR count). The summed E-state index contributed by atoms with van der Waals surface area (Å²) in [6.45, 7) is 56.4. The second-order valence-corrected chi connectivity index (χ2v) is 40.4. The Morgan fingerprint density at radius 3 is 0.782 bits per heavy atom. The first-order chi connectivity index (χ1) is 62.8. The highest BCUT2D eigenvalue weighted by Gasteiger charge is 2.33. The van der Waals surface area contributed by atoms with Crippen molar-refractivity contribution in [3.63, 3.8) is 0 Å². The number of nitrogens with zero attached hydrogens (tertiary/aromatic N) is 19. The minimum atomic E-state index is -0.479. The molecule has 0 spiro atoms. The molecule has 133 heavy (non-hydrogen) atoms. The van der Waals surface area contributed by atoms with Gasteiger partial charge in [-0.15, -0.1) is 10.2 Å². The zero-order valence-electron chi connectivity index (χ0n) is 85.2. The molecule has 0 fully saturated rings. The predicted molar refractivity (Wildman–Crippen MR) is 551 cm³/mol. The summed E-state index contributed by atoms with van der Waals surface area (Å²) in [7, 11) is 0. The number of carbonyl (C=O) groups excluding carboxylic acids is 3. The van der Waals surface area contributed by atoms with E-state index in [0.717, 1.165) is 146 Å². The van der Waals surface area contributed by atoms with Gasteiger partial charge in [0.05, 0.1) is 34.2 Å². The highest BCUT2D eigenvalue weighted by molar-refractivity contribution is 5.96. The Balaban J connectivity index is 0.000000412. The van der Waals surface area contributed by atoms with Gasteiger partial charge >= 0.3 is 0 Å². The van der Waals surface area contributed by atoms with Crippen LogP contribution in [0.2, 0.25) is 0 Å². The van der Waals surface area contributed by atoms with Crippen molar-refractivity contribution in [2.75, 3.05) is 67.9 Å². The summed E-state index contributed by atoms with van der Waals surface area (Å²) >= 11 is 0. The second-order valence-electron chi connectivity index (χ2n) is 40.4. The third-order valence-electron chi connectivity index (χ3n) is 25.3. The number of nitrogen functional groups attached to an aromatic ring is 5. The quantitative estimate of drug-likeness (QED) is 0.0175. The van der Waals surface area contributed by atoms with Gasteiger partial charge in [-0.2, -0.15) is 49.4 Å². The number of hydrogen-bond acceptors (Lipinski definition) is 20. The molecular weight excluding hydrogens is 1660 g/mol. The first kappa shape index (κ1) is 111. The van der Waals surface area contributed by atoms with Gasteiger partial charge in [0.1, 0.15) is 24.3 Å². The van der Waals surface area contributed by atoms with E-state index >= 15 is 0 Å². The van der Waals surface area contributed by atoms with Crippen molar-refractivity contribution in [1.29, 1.82) is 0 Å². The highest BCUT2D eigenvalue weighted by atomic mass is 16.2. The summed E-state index contributed by atoms with van der Waals surface area (Å²) in [6.07, 6.45) is 30.5. The van der Waals surface area contributed by atoms with Crippen LogP contribution in [0.1, 0.15) is 382 Å². The van der Waals surface area contributed by atoms with Crippen LogP contribution >= 0.6 is 0 Å². The van der Waals surface area contributed by atoms with Gasteiger partial charge < -0.3 is 43.4 Å². The smallest absolute Gasteiger partial charge is 0.253 e. The van der Waals surface area contributed by atoms with E-state index in [0.29, 0.717) is 121 Å². The largest absolute Gasteiger partial charge is 0.399 e. The molecule has 0 bridgehead atoms. The van der Waals surface area contributed by atoms with E-state index in [2.05, 4.69) is 180 Å². The van der Waals surface area contributed by atoms with E-state index in [9.17, 15) is 14.4 Å². The lowest BCUT2D eigenvalue weighted by molar-refractivity contribution is 0.0678. The Bertz CT molecular complexity index is 4720. The summed E-state index contributed by atoms with van der Waals surface area (Å²) in [5, 5.41) is 37.8. The van der Waals surface area contributed by atoms with Crippen LogP contribution in [0.15, 0.2) is 130 Å². The molecule has 3 aromatic carbocycles. The van der Waals surface area contributed by atoms with Crippen LogP contribution in [-0.2, 0) is 21.7 Å². The van der Waals surface area contributed by atoms with Gasteiger partial charge in [0.25, 0.3) is 17.7 Å². The molecule has 0 aliphatic heterocycles. The van der Waals surface area contributed by atoms with Crippen LogP contribution in [0.25, 0.3) is 23.3 Å². The molecule has 27 nitrogen and oxygen atoms in total. The number of carbonyl (C=O) groups is 3. The molecule has 6 heterocycles. The van der Waals surface area contributed by atoms with Crippen molar-refractivity contribution < 1.29 is 14.4 Å².